The molecule has 3 N–H and O–H groups in total. The standard InChI is InChI=1S/C10H11F2NO3.CH3Cl/c11-10(12)16-7-3-1-6(2-4-7)8(13)5-9(14)15;1-2/h1-4,8,10H,5,13H2,(H,14,15);1H3/t8-;/m1./s1. The second kappa shape index (κ2) is 8.66. The van der Waals surface area contributed by atoms with Crippen molar-refractivity contribution in [2.75, 3.05) is 6.38 Å². The average Bonchev–Trinajstić information content (AvgIpc) is 2.31. The van der Waals surface area contributed by atoms with E-state index in [2.05, 4.69) is 16.3 Å². The van der Waals surface area contributed by atoms with Gasteiger partial charge in [-0.2, -0.15) is 8.78 Å². The van der Waals surface area contributed by atoms with Gasteiger partial charge in [0, 0.05) is 12.4 Å². The molecule has 1 rings (SSSR count). The topological polar surface area (TPSA) is 72.6 Å². The van der Waals surface area contributed by atoms with Crippen molar-refractivity contribution in [1.82, 2.24) is 0 Å². The lowest BCUT2D eigenvalue weighted by atomic mass is 10.1. The molecule has 0 radical (unpaired) electrons. The highest BCUT2D eigenvalue weighted by molar-refractivity contribution is 6.15. The maximum atomic E-state index is 11.8. The Morgan fingerprint density at radius 1 is 1.39 bits per heavy atom. The average molecular weight is 282 g/mol. The molecule has 18 heavy (non-hydrogen) atoms. The van der Waals surface area contributed by atoms with E-state index in [0.717, 1.165) is 0 Å². The first-order chi connectivity index (χ1) is 8.49. The van der Waals surface area contributed by atoms with E-state index in [1.807, 2.05) is 0 Å². The van der Waals surface area contributed by atoms with Crippen molar-refractivity contribution in [2.45, 2.75) is 19.1 Å². The van der Waals surface area contributed by atoms with Crippen LogP contribution in [0.25, 0.3) is 0 Å². The van der Waals surface area contributed by atoms with Gasteiger partial charge in [-0.1, -0.05) is 12.1 Å². The van der Waals surface area contributed by atoms with Crippen LogP contribution in [0.15, 0.2) is 24.3 Å². The number of hydrogen-bond acceptors (Lipinski definition) is 3. The van der Waals surface area contributed by atoms with E-state index in [1.54, 1.807) is 0 Å². The fraction of sp³-hybridized carbons (Fsp3) is 0.364. The van der Waals surface area contributed by atoms with Gasteiger partial charge in [0.25, 0.3) is 0 Å². The normalized spacial score (nSPS) is 11.4. The van der Waals surface area contributed by atoms with Crippen LogP contribution in [0.1, 0.15) is 18.0 Å². The quantitative estimate of drug-likeness (QED) is 0.814. The van der Waals surface area contributed by atoms with Crippen molar-refractivity contribution in [3.05, 3.63) is 29.8 Å². The van der Waals surface area contributed by atoms with Crippen LogP contribution in [-0.4, -0.2) is 24.1 Å². The number of hydrogen-bond donors (Lipinski definition) is 2. The Balaban J connectivity index is 0.00000137. The van der Waals surface area contributed by atoms with Crippen molar-refractivity contribution < 1.29 is 23.4 Å². The summed E-state index contributed by atoms with van der Waals surface area (Å²) in [7, 11) is 0. The molecule has 7 heteroatoms. The molecule has 0 unspecified atom stereocenters. The Morgan fingerprint density at radius 3 is 2.28 bits per heavy atom. The van der Waals surface area contributed by atoms with Gasteiger partial charge >= 0.3 is 12.6 Å². The molecule has 4 nitrogen and oxygen atoms in total. The molecule has 0 saturated heterocycles. The molecule has 102 valence electrons. The van der Waals surface area contributed by atoms with E-state index < -0.39 is 18.6 Å². The van der Waals surface area contributed by atoms with Crippen LogP contribution in [-0.2, 0) is 4.79 Å². The summed E-state index contributed by atoms with van der Waals surface area (Å²) in [5, 5.41) is 8.51. The van der Waals surface area contributed by atoms with Gasteiger partial charge in [-0.15, -0.1) is 11.6 Å². The monoisotopic (exact) mass is 281 g/mol. The molecule has 0 aliphatic rings. The number of carbonyl (C=O) groups is 1. The van der Waals surface area contributed by atoms with Crippen molar-refractivity contribution in [3.63, 3.8) is 0 Å². The van der Waals surface area contributed by atoms with Gasteiger partial charge in [-0.25, -0.2) is 0 Å². The van der Waals surface area contributed by atoms with Gasteiger partial charge in [0.05, 0.1) is 6.42 Å². The predicted molar refractivity (Wildman–Crippen MR) is 64.0 cm³/mol. The lowest BCUT2D eigenvalue weighted by Gasteiger charge is -2.10. The molecule has 0 spiro atoms. The van der Waals surface area contributed by atoms with Gasteiger partial charge in [-0.3, -0.25) is 4.79 Å². The highest BCUT2D eigenvalue weighted by atomic mass is 35.5. The molecule has 0 heterocycles. The summed E-state index contributed by atoms with van der Waals surface area (Å²) >= 11 is 4.64. The number of alkyl halides is 3. The zero-order valence-corrected chi connectivity index (χ0v) is 10.4. The molecule has 0 amide bonds. The number of carboxylic acid groups (broad SMARTS) is 1. The minimum Gasteiger partial charge on any atom is -0.481 e. The molecule has 0 saturated carbocycles. The number of aliphatic carboxylic acids is 1. The van der Waals surface area contributed by atoms with Crippen LogP contribution in [0.4, 0.5) is 8.78 Å². The third kappa shape index (κ3) is 6.36. The molecular weight excluding hydrogens is 268 g/mol. The third-order valence-electron chi connectivity index (χ3n) is 1.93. The summed E-state index contributed by atoms with van der Waals surface area (Å²) < 4.78 is 27.8. The maximum Gasteiger partial charge on any atom is 0.387 e. The SMILES string of the molecule is CCl.N[C@H](CC(=O)O)c1ccc(OC(F)F)cc1. The zero-order chi connectivity index (χ0) is 14.1. The first kappa shape index (κ1) is 16.6. The Morgan fingerprint density at radius 2 is 1.89 bits per heavy atom. The molecule has 0 fully saturated rings. The number of benzene rings is 1. The van der Waals surface area contributed by atoms with Gasteiger partial charge in [0.15, 0.2) is 0 Å². The lowest BCUT2D eigenvalue weighted by molar-refractivity contribution is -0.137. The second-order valence-corrected chi connectivity index (χ2v) is 3.15. The molecule has 1 aromatic carbocycles. The molecule has 1 atom stereocenters. The van der Waals surface area contributed by atoms with Gasteiger partial charge in [0.1, 0.15) is 5.75 Å². The molecule has 0 bridgehead atoms. The van der Waals surface area contributed by atoms with E-state index in [9.17, 15) is 13.6 Å². The third-order valence-corrected chi connectivity index (χ3v) is 1.93. The fourth-order valence-electron chi connectivity index (χ4n) is 1.20. The lowest BCUT2D eigenvalue weighted by Crippen LogP contribution is -2.14. The maximum absolute atomic E-state index is 11.8. The molecule has 0 aromatic heterocycles. The highest BCUT2D eigenvalue weighted by Crippen LogP contribution is 2.19. The van der Waals surface area contributed by atoms with Crippen molar-refractivity contribution in [2.24, 2.45) is 5.73 Å². The summed E-state index contributed by atoms with van der Waals surface area (Å²) in [6, 6.07) is 4.92. The zero-order valence-electron chi connectivity index (χ0n) is 9.65. The number of nitrogens with two attached hydrogens (primary N) is 1. The summed E-state index contributed by atoms with van der Waals surface area (Å²) in [5.41, 5.74) is 6.14. The van der Waals surface area contributed by atoms with Gasteiger partial charge < -0.3 is 15.6 Å². The smallest absolute Gasteiger partial charge is 0.387 e. The van der Waals surface area contributed by atoms with Crippen LogP contribution < -0.4 is 10.5 Å². The predicted octanol–water partition coefficient (Wildman–Crippen LogP) is 2.62. The first-order valence-electron chi connectivity index (χ1n) is 4.89. The van der Waals surface area contributed by atoms with E-state index in [1.165, 1.54) is 30.6 Å². The summed E-state index contributed by atoms with van der Waals surface area (Å²) in [6.07, 6.45) is 1.26. The first-order valence-corrected chi connectivity index (χ1v) is 5.64. The number of halogens is 3. The Kier molecular flexibility index (Phi) is 7.98. The largest absolute Gasteiger partial charge is 0.481 e. The minimum atomic E-state index is -2.88. The van der Waals surface area contributed by atoms with E-state index >= 15 is 0 Å². The number of ether oxygens (including phenoxy) is 1. The van der Waals surface area contributed by atoms with E-state index in [0.29, 0.717) is 5.56 Å². The summed E-state index contributed by atoms with van der Waals surface area (Å²) in [6.45, 7) is -2.88. The van der Waals surface area contributed by atoms with E-state index in [4.69, 9.17) is 10.8 Å². The van der Waals surface area contributed by atoms with Gasteiger partial charge in [-0.05, 0) is 17.7 Å². The number of rotatable bonds is 5. The Labute approximate surface area is 108 Å². The molecule has 1 aromatic rings. The van der Waals surface area contributed by atoms with Crippen LogP contribution in [0.2, 0.25) is 0 Å². The molecule has 0 aliphatic carbocycles. The van der Waals surface area contributed by atoms with Gasteiger partial charge in [0.2, 0.25) is 0 Å². The van der Waals surface area contributed by atoms with Crippen LogP contribution in [0.5, 0.6) is 5.75 Å². The molecule has 0 aliphatic heterocycles. The Hall–Kier alpha value is -1.40. The fourth-order valence-corrected chi connectivity index (χ4v) is 1.20. The summed E-state index contributed by atoms with van der Waals surface area (Å²) in [5.74, 6) is -0.998. The van der Waals surface area contributed by atoms with Crippen molar-refractivity contribution in [1.29, 1.82) is 0 Å². The Bertz CT molecular complexity index is 360. The van der Waals surface area contributed by atoms with Crippen molar-refractivity contribution >= 4 is 17.6 Å². The number of carboxylic acids is 1. The minimum absolute atomic E-state index is 0.0151. The summed E-state index contributed by atoms with van der Waals surface area (Å²) in [4.78, 5) is 10.4. The highest BCUT2D eigenvalue weighted by Gasteiger charge is 2.11. The van der Waals surface area contributed by atoms with Crippen LogP contribution >= 0.6 is 11.6 Å². The van der Waals surface area contributed by atoms with Crippen LogP contribution in [0.3, 0.4) is 0 Å². The van der Waals surface area contributed by atoms with Crippen molar-refractivity contribution in [3.8, 4) is 5.75 Å². The second-order valence-electron chi connectivity index (χ2n) is 3.15. The van der Waals surface area contributed by atoms with Crippen LogP contribution in [0, 0.1) is 0 Å². The van der Waals surface area contributed by atoms with E-state index in [-0.39, 0.29) is 12.2 Å². The molecular formula is C11H14ClF2NO3.